The summed E-state index contributed by atoms with van der Waals surface area (Å²) in [6.07, 6.45) is 1.15. The van der Waals surface area contributed by atoms with Gasteiger partial charge in [-0.3, -0.25) is 4.79 Å². The first-order valence-electron chi connectivity index (χ1n) is 5.04. The van der Waals surface area contributed by atoms with Gasteiger partial charge in [-0.1, -0.05) is 19.1 Å². The molecule has 0 aliphatic rings. The van der Waals surface area contributed by atoms with Crippen molar-refractivity contribution in [2.45, 2.75) is 19.8 Å². The van der Waals surface area contributed by atoms with Crippen molar-refractivity contribution >= 4 is 5.97 Å². The van der Waals surface area contributed by atoms with Crippen molar-refractivity contribution < 1.29 is 14.3 Å². The third-order valence-corrected chi connectivity index (χ3v) is 1.95. The number of hydrogen-bond acceptors (Lipinski definition) is 3. The van der Waals surface area contributed by atoms with E-state index in [9.17, 15) is 4.79 Å². The molecule has 0 spiro atoms. The Morgan fingerprint density at radius 2 is 2.20 bits per heavy atom. The molecule has 3 heteroatoms. The first kappa shape index (κ1) is 11.6. The fourth-order valence-electron chi connectivity index (χ4n) is 1.22. The lowest BCUT2D eigenvalue weighted by Crippen LogP contribution is -2.08. The second-order valence-electron chi connectivity index (χ2n) is 3.25. The minimum Gasteiger partial charge on any atom is -0.497 e. The lowest BCUT2D eigenvalue weighted by atomic mass is 10.1. The fraction of sp³-hybridized carbons (Fsp3) is 0.417. The Bertz CT molecular complexity index is 320. The van der Waals surface area contributed by atoms with Crippen LogP contribution in [0.1, 0.15) is 18.9 Å². The summed E-state index contributed by atoms with van der Waals surface area (Å²) in [6, 6.07) is 7.44. The van der Waals surface area contributed by atoms with E-state index in [-0.39, 0.29) is 5.97 Å². The predicted molar refractivity (Wildman–Crippen MR) is 57.9 cm³/mol. The van der Waals surface area contributed by atoms with Crippen molar-refractivity contribution in [1.29, 1.82) is 0 Å². The maximum absolute atomic E-state index is 11.3. The highest BCUT2D eigenvalue weighted by atomic mass is 16.5. The van der Waals surface area contributed by atoms with Crippen LogP contribution in [0, 0.1) is 0 Å². The van der Waals surface area contributed by atoms with Crippen molar-refractivity contribution in [3.05, 3.63) is 29.8 Å². The minimum atomic E-state index is -0.190. The van der Waals surface area contributed by atoms with Gasteiger partial charge in [0.2, 0.25) is 0 Å². The van der Waals surface area contributed by atoms with Gasteiger partial charge in [0.15, 0.2) is 0 Å². The molecule has 0 radical (unpaired) electrons. The molecule has 0 aliphatic heterocycles. The highest BCUT2D eigenvalue weighted by Gasteiger charge is 2.04. The smallest absolute Gasteiger partial charge is 0.310 e. The predicted octanol–water partition coefficient (Wildman–Crippen LogP) is 2.19. The van der Waals surface area contributed by atoms with E-state index in [0.717, 1.165) is 17.7 Å². The standard InChI is InChI=1S/C12H16O3/c1-3-7-15-12(13)9-10-5-4-6-11(8-10)14-2/h4-6,8H,3,7,9H2,1-2H3. The highest BCUT2D eigenvalue weighted by molar-refractivity contribution is 5.72. The van der Waals surface area contributed by atoms with Crippen molar-refractivity contribution in [2.75, 3.05) is 13.7 Å². The number of rotatable bonds is 5. The molecule has 15 heavy (non-hydrogen) atoms. The molecular formula is C12H16O3. The molecule has 0 heterocycles. The van der Waals surface area contributed by atoms with E-state index in [1.54, 1.807) is 7.11 Å². The molecule has 0 aromatic heterocycles. The van der Waals surface area contributed by atoms with Gasteiger partial charge in [-0.2, -0.15) is 0 Å². The molecule has 0 amide bonds. The Morgan fingerprint density at radius 1 is 1.40 bits per heavy atom. The number of esters is 1. The quantitative estimate of drug-likeness (QED) is 0.696. The van der Waals surface area contributed by atoms with Gasteiger partial charge in [-0.05, 0) is 24.1 Å². The van der Waals surface area contributed by atoms with Gasteiger partial charge >= 0.3 is 5.97 Å². The monoisotopic (exact) mass is 208 g/mol. The Kier molecular flexibility index (Phi) is 4.68. The summed E-state index contributed by atoms with van der Waals surface area (Å²) in [4.78, 5) is 11.3. The molecule has 0 fully saturated rings. The number of carbonyl (C=O) groups excluding carboxylic acids is 1. The maximum Gasteiger partial charge on any atom is 0.310 e. The van der Waals surface area contributed by atoms with E-state index < -0.39 is 0 Å². The van der Waals surface area contributed by atoms with E-state index in [0.29, 0.717) is 13.0 Å². The summed E-state index contributed by atoms with van der Waals surface area (Å²) >= 11 is 0. The molecule has 1 aromatic rings. The summed E-state index contributed by atoms with van der Waals surface area (Å²) in [5.74, 6) is 0.570. The highest BCUT2D eigenvalue weighted by Crippen LogP contribution is 2.13. The number of methoxy groups -OCH3 is 1. The van der Waals surface area contributed by atoms with Crippen molar-refractivity contribution in [3.63, 3.8) is 0 Å². The Balaban J connectivity index is 2.52. The summed E-state index contributed by atoms with van der Waals surface area (Å²) < 4.78 is 10.1. The Morgan fingerprint density at radius 3 is 2.87 bits per heavy atom. The molecule has 0 aliphatic carbocycles. The van der Waals surface area contributed by atoms with E-state index in [1.165, 1.54) is 0 Å². The van der Waals surface area contributed by atoms with E-state index in [2.05, 4.69) is 0 Å². The van der Waals surface area contributed by atoms with Crippen LogP contribution in [-0.4, -0.2) is 19.7 Å². The number of benzene rings is 1. The topological polar surface area (TPSA) is 35.5 Å². The number of hydrogen-bond donors (Lipinski definition) is 0. The summed E-state index contributed by atoms with van der Waals surface area (Å²) in [6.45, 7) is 2.46. The zero-order chi connectivity index (χ0) is 11.1. The van der Waals surface area contributed by atoms with Crippen LogP contribution in [0.15, 0.2) is 24.3 Å². The largest absolute Gasteiger partial charge is 0.497 e. The molecule has 82 valence electrons. The van der Waals surface area contributed by atoms with Crippen molar-refractivity contribution in [2.24, 2.45) is 0 Å². The SMILES string of the molecule is CCCOC(=O)Cc1cccc(OC)c1. The van der Waals surface area contributed by atoms with Crippen molar-refractivity contribution in [1.82, 2.24) is 0 Å². The normalized spacial score (nSPS) is 9.73. The summed E-state index contributed by atoms with van der Waals surface area (Å²) in [5.41, 5.74) is 0.912. The molecule has 0 saturated heterocycles. The van der Waals surface area contributed by atoms with Gasteiger partial charge in [0.1, 0.15) is 5.75 Å². The molecular weight excluding hydrogens is 192 g/mol. The van der Waals surface area contributed by atoms with E-state index >= 15 is 0 Å². The molecule has 0 unspecified atom stereocenters. The summed E-state index contributed by atoms with van der Waals surface area (Å²) in [5, 5.41) is 0. The van der Waals surface area contributed by atoms with E-state index in [1.807, 2.05) is 31.2 Å². The van der Waals surface area contributed by atoms with E-state index in [4.69, 9.17) is 9.47 Å². The first-order valence-corrected chi connectivity index (χ1v) is 5.04. The fourth-order valence-corrected chi connectivity index (χ4v) is 1.22. The molecule has 0 saturated carbocycles. The molecule has 3 nitrogen and oxygen atoms in total. The third kappa shape index (κ3) is 4.02. The average Bonchev–Trinajstić information content (AvgIpc) is 2.26. The molecule has 0 N–H and O–H groups in total. The Labute approximate surface area is 90.0 Å². The van der Waals surface area contributed by atoms with Crippen LogP contribution in [0.4, 0.5) is 0 Å². The van der Waals surface area contributed by atoms with Crippen LogP contribution in [0.5, 0.6) is 5.75 Å². The van der Waals surface area contributed by atoms with Crippen LogP contribution in [0.3, 0.4) is 0 Å². The zero-order valence-corrected chi connectivity index (χ0v) is 9.16. The number of ether oxygens (including phenoxy) is 2. The molecule has 1 rings (SSSR count). The van der Waals surface area contributed by atoms with Gasteiger partial charge < -0.3 is 9.47 Å². The first-order chi connectivity index (χ1) is 7.26. The van der Waals surface area contributed by atoms with Crippen LogP contribution < -0.4 is 4.74 Å². The van der Waals surface area contributed by atoms with Gasteiger partial charge in [-0.15, -0.1) is 0 Å². The second kappa shape index (κ2) is 6.06. The minimum absolute atomic E-state index is 0.190. The Hall–Kier alpha value is -1.51. The zero-order valence-electron chi connectivity index (χ0n) is 9.16. The van der Waals surface area contributed by atoms with Crippen LogP contribution in [0.2, 0.25) is 0 Å². The number of carbonyl (C=O) groups is 1. The molecule has 0 bridgehead atoms. The van der Waals surface area contributed by atoms with Crippen LogP contribution in [-0.2, 0) is 16.0 Å². The van der Waals surface area contributed by atoms with Crippen LogP contribution in [0.25, 0.3) is 0 Å². The molecule has 1 aromatic carbocycles. The lowest BCUT2D eigenvalue weighted by molar-refractivity contribution is -0.142. The maximum atomic E-state index is 11.3. The second-order valence-corrected chi connectivity index (χ2v) is 3.25. The van der Waals surface area contributed by atoms with Crippen molar-refractivity contribution in [3.8, 4) is 5.75 Å². The summed E-state index contributed by atoms with van der Waals surface area (Å²) in [7, 11) is 1.61. The van der Waals surface area contributed by atoms with Gasteiger partial charge in [0.25, 0.3) is 0 Å². The molecule has 0 atom stereocenters. The van der Waals surface area contributed by atoms with Crippen LogP contribution >= 0.6 is 0 Å². The third-order valence-electron chi connectivity index (χ3n) is 1.95. The van der Waals surface area contributed by atoms with Gasteiger partial charge in [0.05, 0.1) is 20.1 Å². The lowest BCUT2D eigenvalue weighted by Gasteiger charge is -2.04. The van der Waals surface area contributed by atoms with Gasteiger partial charge in [0, 0.05) is 0 Å². The van der Waals surface area contributed by atoms with Gasteiger partial charge in [-0.25, -0.2) is 0 Å². The average molecular weight is 208 g/mol.